The Kier molecular flexibility index (Phi) is 7.92. The molecule has 31 heavy (non-hydrogen) atoms. The second-order valence-electron chi connectivity index (χ2n) is 7.35. The highest BCUT2D eigenvalue weighted by Gasteiger charge is 2.19. The van der Waals surface area contributed by atoms with Crippen LogP contribution in [-0.4, -0.2) is 35.3 Å². The van der Waals surface area contributed by atoms with Gasteiger partial charge in [0.15, 0.2) is 6.10 Å². The van der Waals surface area contributed by atoms with Crippen molar-refractivity contribution in [1.29, 1.82) is 0 Å². The number of aromatic nitrogens is 1. The number of thiol groups is 1. The number of hydrogen-bond donors (Lipinski definition) is 4. The van der Waals surface area contributed by atoms with Gasteiger partial charge >= 0.3 is 0 Å². The molecule has 2 atom stereocenters. The summed E-state index contributed by atoms with van der Waals surface area (Å²) in [6, 6.07) is 21.1. The normalized spacial score (nSPS) is 12.6. The van der Waals surface area contributed by atoms with Gasteiger partial charge < -0.3 is 21.1 Å². The number of nitrogens with two attached hydrogens (primary N) is 1. The minimum absolute atomic E-state index is 0.118. The van der Waals surface area contributed by atoms with Gasteiger partial charge in [0, 0.05) is 29.6 Å². The number of pyridine rings is 1. The number of nitrogens with one attached hydrogen (secondary N) is 2. The first kappa shape index (κ1) is 22.7. The van der Waals surface area contributed by atoms with E-state index < -0.39 is 6.10 Å². The third-order valence-corrected chi connectivity index (χ3v) is 5.16. The van der Waals surface area contributed by atoms with Crippen LogP contribution in [0.25, 0.3) is 11.3 Å². The van der Waals surface area contributed by atoms with Crippen LogP contribution in [0.4, 0.5) is 11.4 Å². The summed E-state index contributed by atoms with van der Waals surface area (Å²) < 4.78 is 5.99. The predicted octanol–water partition coefficient (Wildman–Crippen LogP) is 4.13. The molecule has 0 aliphatic carbocycles. The summed E-state index contributed by atoms with van der Waals surface area (Å²) in [5.74, 6) is 0.640. The molecule has 7 heteroatoms. The van der Waals surface area contributed by atoms with Crippen LogP contribution in [0.5, 0.6) is 5.88 Å². The number of carbonyl (C=O) groups is 1. The highest BCUT2D eigenvalue weighted by Crippen LogP contribution is 2.28. The van der Waals surface area contributed by atoms with Gasteiger partial charge in [0.2, 0.25) is 5.88 Å². The van der Waals surface area contributed by atoms with Crippen molar-refractivity contribution in [3.8, 4) is 17.1 Å². The van der Waals surface area contributed by atoms with Crippen molar-refractivity contribution >= 4 is 29.9 Å². The molecule has 4 N–H and O–H groups in total. The minimum atomic E-state index is -0.751. The van der Waals surface area contributed by atoms with Crippen molar-refractivity contribution in [2.75, 3.05) is 22.9 Å². The molecule has 162 valence electrons. The van der Waals surface area contributed by atoms with Gasteiger partial charge in [-0.3, -0.25) is 4.79 Å². The zero-order chi connectivity index (χ0) is 22.2. The van der Waals surface area contributed by atoms with Crippen molar-refractivity contribution in [3.05, 3.63) is 72.3 Å². The minimum Gasteiger partial charge on any atom is -0.463 e. The fraction of sp³-hybridized carbons (Fsp3) is 0.250. The smallest absolute Gasteiger partial charge is 0.265 e. The lowest BCUT2D eigenvalue weighted by Gasteiger charge is -2.19. The molecular formula is C24H28N4O2S. The number of aryl methyl sites for hydroxylation is 1. The van der Waals surface area contributed by atoms with Gasteiger partial charge in [-0.15, -0.1) is 0 Å². The summed E-state index contributed by atoms with van der Waals surface area (Å²) in [5, 5.41) is 6.12. The average molecular weight is 437 g/mol. The Morgan fingerprint density at radius 3 is 2.48 bits per heavy atom. The standard InChI is InChI=1S/C24H28N4O2S/c1-16-8-10-20(11-9-16)27-23(29)17(2)30-24-22(26-14-19(25)15-31)13-12-21(28-24)18-6-4-3-5-7-18/h3-13,17,19,26,31H,14-15,25H2,1-2H3,(H,27,29)/t17-,19?/m1/s1. The number of hydrogen-bond acceptors (Lipinski definition) is 6. The zero-order valence-electron chi connectivity index (χ0n) is 17.7. The summed E-state index contributed by atoms with van der Waals surface area (Å²) in [4.78, 5) is 17.3. The van der Waals surface area contributed by atoms with Gasteiger partial charge in [0.05, 0.1) is 11.4 Å². The van der Waals surface area contributed by atoms with Gasteiger partial charge in [0.1, 0.15) is 0 Å². The summed E-state index contributed by atoms with van der Waals surface area (Å²) in [6.45, 7) is 4.21. The van der Waals surface area contributed by atoms with Crippen LogP contribution in [0.2, 0.25) is 0 Å². The second kappa shape index (κ2) is 10.8. The maximum Gasteiger partial charge on any atom is 0.265 e. The first-order valence-corrected chi connectivity index (χ1v) is 10.8. The summed E-state index contributed by atoms with van der Waals surface area (Å²) in [5.41, 5.74) is 10.2. The van der Waals surface area contributed by atoms with Crippen LogP contribution in [0, 0.1) is 6.92 Å². The molecule has 0 spiro atoms. The van der Waals surface area contributed by atoms with Crippen molar-refractivity contribution in [2.45, 2.75) is 26.0 Å². The summed E-state index contributed by atoms with van der Waals surface area (Å²) in [6.07, 6.45) is -0.751. The Morgan fingerprint density at radius 2 is 1.81 bits per heavy atom. The van der Waals surface area contributed by atoms with Crippen molar-refractivity contribution in [2.24, 2.45) is 5.73 Å². The molecule has 3 aromatic rings. The third kappa shape index (κ3) is 6.47. The van der Waals surface area contributed by atoms with E-state index in [2.05, 4.69) is 28.2 Å². The molecule has 0 saturated carbocycles. The number of anilines is 2. The SMILES string of the molecule is Cc1ccc(NC(=O)[C@@H](C)Oc2nc(-c3ccccc3)ccc2NCC(N)CS)cc1. The summed E-state index contributed by atoms with van der Waals surface area (Å²) >= 11 is 4.22. The number of rotatable bonds is 9. The van der Waals surface area contributed by atoms with Crippen LogP contribution in [0.1, 0.15) is 12.5 Å². The number of amides is 1. The van der Waals surface area contributed by atoms with Gasteiger partial charge in [-0.25, -0.2) is 4.98 Å². The maximum atomic E-state index is 12.7. The highest BCUT2D eigenvalue weighted by molar-refractivity contribution is 7.80. The fourth-order valence-corrected chi connectivity index (χ4v) is 2.97. The highest BCUT2D eigenvalue weighted by atomic mass is 32.1. The second-order valence-corrected chi connectivity index (χ2v) is 7.72. The van der Waals surface area contributed by atoms with E-state index in [-0.39, 0.29) is 11.9 Å². The Bertz CT molecular complexity index is 996. The monoisotopic (exact) mass is 436 g/mol. The van der Waals surface area contributed by atoms with Gasteiger partial charge in [0.25, 0.3) is 5.91 Å². The molecule has 0 aliphatic rings. The number of nitrogens with zero attached hydrogens (tertiary/aromatic N) is 1. The molecule has 6 nitrogen and oxygen atoms in total. The van der Waals surface area contributed by atoms with E-state index >= 15 is 0 Å². The van der Waals surface area contributed by atoms with E-state index in [0.29, 0.717) is 23.9 Å². The molecule has 1 heterocycles. The van der Waals surface area contributed by atoms with Crippen molar-refractivity contribution in [1.82, 2.24) is 4.98 Å². The third-order valence-electron chi connectivity index (χ3n) is 4.70. The molecule has 1 amide bonds. The van der Waals surface area contributed by atoms with E-state index in [1.807, 2.05) is 73.7 Å². The van der Waals surface area contributed by atoms with E-state index in [9.17, 15) is 4.79 Å². The van der Waals surface area contributed by atoms with E-state index in [4.69, 9.17) is 10.5 Å². The van der Waals surface area contributed by atoms with Crippen molar-refractivity contribution < 1.29 is 9.53 Å². The van der Waals surface area contributed by atoms with Crippen LogP contribution in [0.3, 0.4) is 0 Å². The van der Waals surface area contributed by atoms with Gasteiger partial charge in [-0.1, -0.05) is 48.0 Å². The molecule has 2 aromatic carbocycles. The van der Waals surface area contributed by atoms with E-state index in [1.54, 1.807) is 6.92 Å². The lowest BCUT2D eigenvalue weighted by Crippen LogP contribution is -2.32. The largest absolute Gasteiger partial charge is 0.463 e. The first-order chi connectivity index (χ1) is 15.0. The van der Waals surface area contributed by atoms with Crippen LogP contribution in [0.15, 0.2) is 66.7 Å². The molecule has 0 saturated heterocycles. The van der Waals surface area contributed by atoms with Crippen molar-refractivity contribution in [3.63, 3.8) is 0 Å². The zero-order valence-corrected chi connectivity index (χ0v) is 18.6. The van der Waals surface area contributed by atoms with Crippen LogP contribution < -0.4 is 21.1 Å². The maximum absolute atomic E-state index is 12.7. The molecule has 0 fully saturated rings. The van der Waals surface area contributed by atoms with E-state index in [1.165, 1.54) is 0 Å². The predicted molar refractivity (Wildman–Crippen MR) is 130 cm³/mol. The molecular weight excluding hydrogens is 408 g/mol. The molecule has 0 radical (unpaired) electrons. The lowest BCUT2D eigenvalue weighted by molar-refractivity contribution is -0.122. The quantitative estimate of drug-likeness (QED) is 0.379. The summed E-state index contributed by atoms with van der Waals surface area (Å²) in [7, 11) is 0. The topological polar surface area (TPSA) is 89.3 Å². The molecule has 0 aliphatic heterocycles. The number of benzene rings is 2. The number of carbonyl (C=O) groups excluding carboxylic acids is 1. The number of ether oxygens (including phenoxy) is 1. The fourth-order valence-electron chi connectivity index (χ4n) is 2.84. The first-order valence-electron chi connectivity index (χ1n) is 10.2. The Balaban J connectivity index is 1.79. The van der Waals surface area contributed by atoms with Gasteiger partial charge in [-0.2, -0.15) is 12.6 Å². The molecule has 1 aromatic heterocycles. The van der Waals surface area contributed by atoms with Crippen LogP contribution >= 0.6 is 12.6 Å². The van der Waals surface area contributed by atoms with E-state index in [0.717, 1.165) is 22.5 Å². The Morgan fingerprint density at radius 1 is 1.10 bits per heavy atom. The molecule has 0 bridgehead atoms. The van der Waals surface area contributed by atoms with Gasteiger partial charge in [-0.05, 0) is 38.1 Å². The molecule has 3 rings (SSSR count). The van der Waals surface area contributed by atoms with Crippen LogP contribution in [-0.2, 0) is 4.79 Å². The Labute approximate surface area is 188 Å². The average Bonchev–Trinajstić information content (AvgIpc) is 2.80. The Hall–Kier alpha value is -3.03. The molecule has 1 unspecified atom stereocenters. The lowest BCUT2D eigenvalue weighted by atomic mass is 10.1.